The molecular formula is C15H24N2O. The van der Waals surface area contributed by atoms with Crippen LogP contribution in [0.3, 0.4) is 0 Å². The number of anilines is 1. The fraction of sp³-hybridized carbons (Fsp3) is 0.600. The number of nitrogens with two attached hydrogens (primary N) is 1. The summed E-state index contributed by atoms with van der Waals surface area (Å²) in [4.78, 5) is 2.30. The maximum Gasteiger partial charge on any atom is 0.0750 e. The molecule has 1 aliphatic rings. The van der Waals surface area contributed by atoms with E-state index in [4.69, 9.17) is 10.5 Å². The van der Waals surface area contributed by atoms with Crippen molar-refractivity contribution >= 4 is 5.69 Å². The van der Waals surface area contributed by atoms with E-state index >= 15 is 0 Å². The van der Waals surface area contributed by atoms with Crippen LogP contribution in [0.5, 0.6) is 0 Å². The Hall–Kier alpha value is -1.06. The molecule has 3 nitrogen and oxygen atoms in total. The molecule has 0 amide bonds. The molecule has 1 fully saturated rings. The minimum atomic E-state index is 0.197. The Kier molecular flexibility index (Phi) is 4.61. The van der Waals surface area contributed by atoms with Crippen LogP contribution in [-0.2, 0) is 11.2 Å². The minimum absolute atomic E-state index is 0.197. The monoisotopic (exact) mass is 248 g/mol. The summed E-state index contributed by atoms with van der Waals surface area (Å²) in [6.07, 6.45) is 3.68. The lowest BCUT2D eigenvalue weighted by molar-refractivity contribution is 0.116. The van der Waals surface area contributed by atoms with E-state index in [0.29, 0.717) is 6.10 Å². The van der Waals surface area contributed by atoms with E-state index in [1.54, 1.807) is 0 Å². The van der Waals surface area contributed by atoms with Crippen LogP contribution in [0.15, 0.2) is 24.3 Å². The van der Waals surface area contributed by atoms with Gasteiger partial charge >= 0.3 is 0 Å². The van der Waals surface area contributed by atoms with Gasteiger partial charge in [0.2, 0.25) is 0 Å². The lowest BCUT2D eigenvalue weighted by Crippen LogP contribution is -2.30. The van der Waals surface area contributed by atoms with Crippen molar-refractivity contribution < 1.29 is 4.74 Å². The number of benzene rings is 1. The summed E-state index contributed by atoms with van der Waals surface area (Å²) in [5.41, 5.74) is 8.52. The molecule has 0 radical (unpaired) electrons. The van der Waals surface area contributed by atoms with Crippen molar-refractivity contribution in [1.82, 2.24) is 0 Å². The van der Waals surface area contributed by atoms with Crippen LogP contribution < -0.4 is 10.6 Å². The smallest absolute Gasteiger partial charge is 0.0750 e. The molecule has 1 heterocycles. The molecule has 2 N–H and O–H groups in total. The number of rotatable bonds is 5. The van der Waals surface area contributed by atoms with Gasteiger partial charge in [-0.15, -0.1) is 0 Å². The van der Waals surface area contributed by atoms with Gasteiger partial charge in [0.05, 0.1) is 6.10 Å². The first-order valence-corrected chi connectivity index (χ1v) is 6.83. The zero-order chi connectivity index (χ0) is 13.0. The number of nitrogens with zero attached hydrogens (tertiary/aromatic N) is 1. The summed E-state index contributed by atoms with van der Waals surface area (Å²) < 4.78 is 5.70. The molecule has 2 atom stereocenters. The first-order chi connectivity index (χ1) is 8.66. The van der Waals surface area contributed by atoms with Gasteiger partial charge < -0.3 is 15.4 Å². The Morgan fingerprint density at radius 1 is 1.44 bits per heavy atom. The van der Waals surface area contributed by atoms with E-state index in [-0.39, 0.29) is 6.04 Å². The molecule has 2 rings (SSSR count). The minimum Gasteiger partial charge on any atom is -0.376 e. The van der Waals surface area contributed by atoms with E-state index in [0.717, 1.165) is 19.6 Å². The van der Waals surface area contributed by atoms with Crippen LogP contribution in [0.2, 0.25) is 0 Å². The Morgan fingerprint density at radius 2 is 2.22 bits per heavy atom. The van der Waals surface area contributed by atoms with Gasteiger partial charge in [0.15, 0.2) is 0 Å². The Morgan fingerprint density at radius 3 is 2.89 bits per heavy atom. The van der Waals surface area contributed by atoms with Crippen molar-refractivity contribution in [2.24, 2.45) is 5.73 Å². The van der Waals surface area contributed by atoms with Gasteiger partial charge in [-0.3, -0.25) is 0 Å². The second-order valence-electron chi connectivity index (χ2n) is 5.33. The molecule has 0 bridgehead atoms. The molecule has 0 aromatic heterocycles. The van der Waals surface area contributed by atoms with E-state index in [9.17, 15) is 0 Å². The summed E-state index contributed by atoms with van der Waals surface area (Å²) in [5.74, 6) is 0. The second kappa shape index (κ2) is 6.21. The highest BCUT2D eigenvalue weighted by Crippen LogP contribution is 2.22. The molecule has 0 spiro atoms. The predicted octanol–water partition coefficient (Wildman–Crippen LogP) is 2.19. The number of para-hydroxylation sites is 1. The molecule has 2 unspecified atom stereocenters. The molecule has 1 saturated heterocycles. The zero-order valence-corrected chi connectivity index (χ0v) is 11.4. The molecule has 0 aliphatic carbocycles. The first kappa shape index (κ1) is 13.4. The maximum absolute atomic E-state index is 5.91. The van der Waals surface area contributed by atoms with Crippen LogP contribution in [0.4, 0.5) is 5.69 Å². The fourth-order valence-electron chi connectivity index (χ4n) is 2.59. The van der Waals surface area contributed by atoms with Crippen LogP contribution in [0.25, 0.3) is 0 Å². The second-order valence-corrected chi connectivity index (χ2v) is 5.33. The Bertz CT molecular complexity index is 373. The van der Waals surface area contributed by atoms with E-state index < -0.39 is 0 Å². The normalized spacial score (nSPS) is 20.9. The topological polar surface area (TPSA) is 38.5 Å². The Balaban J connectivity index is 2.05. The van der Waals surface area contributed by atoms with Gasteiger partial charge in [-0.05, 0) is 37.8 Å². The van der Waals surface area contributed by atoms with Crippen molar-refractivity contribution in [3.05, 3.63) is 29.8 Å². The molecule has 18 heavy (non-hydrogen) atoms. The van der Waals surface area contributed by atoms with Crippen molar-refractivity contribution in [3.63, 3.8) is 0 Å². The van der Waals surface area contributed by atoms with Crippen LogP contribution in [0, 0.1) is 0 Å². The van der Waals surface area contributed by atoms with Crippen molar-refractivity contribution in [2.75, 3.05) is 25.1 Å². The lowest BCUT2D eigenvalue weighted by Gasteiger charge is -2.25. The number of likely N-dealkylation sites (N-methyl/N-ethyl adjacent to an activating group) is 1. The predicted molar refractivity (Wildman–Crippen MR) is 76.0 cm³/mol. The summed E-state index contributed by atoms with van der Waals surface area (Å²) in [6, 6.07) is 8.71. The van der Waals surface area contributed by atoms with Gasteiger partial charge in [0, 0.05) is 31.9 Å². The van der Waals surface area contributed by atoms with Gasteiger partial charge in [0.25, 0.3) is 0 Å². The highest BCUT2D eigenvalue weighted by molar-refractivity contribution is 5.53. The SMILES string of the molecule is CC(N)Cc1ccccc1N(C)CC1CCCO1. The summed E-state index contributed by atoms with van der Waals surface area (Å²) in [5, 5.41) is 0. The quantitative estimate of drug-likeness (QED) is 0.868. The van der Waals surface area contributed by atoms with Gasteiger partial charge in [0.1, 0.15) is 0 Å². The molecule has 3 heteroatoms. The third-order valence-corrected chi connectivity index (χ3v) is 3.45. The van der Waals surface area contributed by atoms with E-state index in [2.05, 4.69) is 43.1 Å². The zero-order valence-electron chi connectivity index (χ0n) is 11.4. The molecular weight excluding hydrogens is 224 g/mol. The molecule has 1 aliphatic heterocycles. The molecule has 100 valence electrons. The largest absolute Gasteiger partial charge is 0.376 e. The molecule has 1 aromatic rings. The first-order valence-electron chi connectivity index (χ1n) is 6.83. The molecule has 0 saturated carbocycles. The van der Waals surface area contributed by atoms with Crippen molar-refractivity contribution in [1.29, 1.82) is 0 Å². The number of hydrogen-bond donors (Lipinski definition) is 1. The summed E-state index contributed by atoms with van der Waals surface area (Å²) >= 11 is 0. The van der Waals surface area contributed by atoms with Crippen LogP contribution in [-0.4, -0.2) is 32.3 Å². The highest BCUT2D eigenvalue weighted by Gasteiger charge is 2.18. The highest BCUT2D eigenvalue weighted by atomic mass is 16.5. The summed E-state index contributed by atoms with van der Waals surface area (Å²) in [6.45, 7) is 3.94. The van der Waals surface area contributed by atoms with Crippen LogP contribution in [0.1, 0.15) is 25.3 Å². The number of hydrogen-bond acceptors (Lipinski definition) is 3. The third kappa shape index (κ3) is 3.47. The van der Waals surface area contributed by atoms with Gasteiger partial charge in [-0.1, -0.05) is 18.2 Å². The Labute approximate surface area is 110 Å². The van der Waals surface area contributed by atoms with Crippen LogP contribution >= 0.6 is 0 Å². The fourth-order valence-corrected chi connectivity index (χ4v) is 2.59. The van der Waals surface area contributed by atoms with Crippen molar-refractivity contribution in [2.45, 2.75) is 38.3 Å². The average molecular weight is 248 g/mol. The lowest BCUT2D eigenvalue weighted by atomic mass is 10.0. The summed E-state index contributed by atoms with van der Waals surface area (Å²) in [7, 11) is 2.14. The maximum atomic E-state index is 5.91. The van der Waals surface area contributed by atoms with E-state index in [1.807, 2.05) is 0 Å². The van der Waals surface area contributed by atoms with E-state index in [1.165, 1.54) is 24.1 Å². The molecule has 1 aromatic carbocycles. The average Bonchev–Trinajstić information content (AvgIpc) is 2.81. The third-order valence-electron chi connectivity index (χ3n) is 3.45. The van der Waals surface area contributed by atoms with Gasteiger partial charge in [-0.25, -0.2) is 0 Å². The van der Waals surface area contributed by atoms with Crippen molar-refractivity contribution in [3.8, 4) is 0 Å². The number of ether oxygens (including phenoxy) is 1. The van der Waals surface area contributed by atoms with Gasteiger partial charge in [-0.2, -0.15) is 0 Å². The standard InChI is InChI=1S/C15H24N2O/c1-12(16)10-13-6-3-4-8-15(13)17(2)11-14-7-5-9-18-14/h3-4,6,8,12,14H,5,7,9-11,16H2,1-2H3.